The zero-order valence-electron chi connectivity index (χ0n) is 34.1. The van der Waals surface area contributed by atoms with E-state index < -0.39 is 0 Å². The molecule has 0 saturated heterocycles. The lowest BCUT2D eigenvalue weighted by Gasteiger charge is -2.21. The minimum absolute atomic E-state index is 0.939. The summed E-state index contributed by atoms with van der Waals surface area (Å²) in [5.74, 6) is 0. The van der Waals surface area contributed by atoms with Crippen molar-refractivity contribution in [2.75, 3.05) is 0 Å². The molecule has 0 saturated carbocycles. The number of benzene rings is 10. The van der Waals surface area contributed by atoms with Gasteiger partial charge in [-0.3, -0.25) is 0 Å². The molecule has 10 aromatic carbocycles. The van der Waals surface area contributed by atoms with Crippen molar-refractivity contribution in [3.05, 3.63) is 249 Å². The van der Waals surface area contributed by atoms with E-state index in [1.165, 1.54) is 88.3 Å². The zero-order chi connectivity index (χ0) is 41.2. The number of hydrogen-bond acceptors (Lipinski definition) is 1. The molecule has 0 aliphatic rings. The Labute approximate surface area is 362 Å². The normalized spacial score (nSPS) is 11.2. The van der Waals surface area contributed by atoms with Crippen molar-refractivity contribution < 1.29 is 0 Å². The number of pyridine rings is 1. The lowest BCUT2D eigenvalue weighted by Crippen LogP contribution is -1.94. The molecule has 0 spiro atoms. The third-order valence-electron chi connectivity index (χ3n) is 12.0. The first-order valence-corrected chi connectivity index (χ1v) is 21.3. The van der Waals surface area contributed by atoms with Crippen molar-refractivity contribution in [2.45, 2.75) is 0 Å². The molecule has 0 aliphatic heterocycles. The first kappa shape index (κ1) is 36.9. The van der Waals surface area contributed by atoms with Crippen molar-refractivity contribution in [1.29, 1.82) is 0 Å². The van der Waals surface area contributed by atoms with Crippen LogP contribution in [0.4, 0.5) is 0 Å². The molecular formula is C61H41N. The SMILES string of the molecule is c1ccc(-c2cc(-c3ccccc3)cc(-c3c4ccccc4c(-c4cc(-c5ccccc5)cc(-c5ccccc5)c4)c4cc(-c5cccc(-c6ccccc6)n5)ccc34)c2)cc1. The van der Waals surface area contributed by atoms with E-state index in [0.717, 1.165) is 22.5 Å². The summed E-state index contributed by atoms with van der Waals surface area (Å²) >= 11 is 0. The van der Waals surface area contributed by atoms with Gasteiger partial charge in [-0.2, -0.15) is 0 Å². The molecule has 0 unspecified atom stereocenters. The average molecular weight is 788 g/mol. The lowest BCUT2D eigenvalue weighted by atomic mass is 9.82. The molecule has 11 aromatic rings. The van der Waals surface area contributed by atoms with Crippen molar-refractivity contribution in [3.63, 3.8) is 0 Å². The van der Waals surface area contributed by atoms with E-state index in [-0.39, 0.29) is 0 Å². The molecule has 0 aliphatic carbocycles. The second-order valence-electron chi connectivity index (χ2n) is 15.9. The van der Waals surface area contributed by atoms with Crippen LogP contribution in [0, 0.1) is 0 Å². The summed E-state index contributed by atoms with van der Waals surface area (Å²) in [6.07, 6.45) is 0. The molecule has 0 bridgehead atoms. The van der Waals surface area contributed by atoms with Crippen LogP contribution in [0.5, 0.6) is 0 Å². The molecular weight excluding hydrogens is 747 g/mol. The summed E-state index contributed by atoms with van der Waals surface area (Å²) in [6.45, 7) is 0. The topological polar surface area (TPSA) is 12.9 Å². The van der Waals surface area contributed by atoms with Crippen LogP contribution in [0.25, 0.3) is 111 Å². The highest BCUT2D eigenvalue weighted by molar-refractivity contribution is 6.22. The Kier molecular flexibility index (Phi) is 9.61. The van der Waals surface area contributed by atoms with Gasteiger partial charge >= 0.3 is 0 Å². The smallest absolute Gasteiger partial charge is 0.0709 e. The van der Waals surface area contributed by atoms with Crippen LogP contribution in [-0.4, -0.2) is 4.98 Å². The van der Waals surface area contributed by atoms with Gasteiger partial charge in [0.2, 0.25) is 0 Å². The molecule has 11 rings (SSSR count). The van der Waals surface area contributed by atoms with Gasteiger partial charge in [0.05, 0.1) is 11.4 Å². The molecule has 62 heavy (non-hydrogen) atoms. The fourth-order valence-electron chi connectivity index (χ4n) is 9.06. The highest BCUT2D eigenvalue weighted by Gasteiger charge is 2.20. The van der Waals surface area contributed by atoms with E-state index in [9.17, 15) is 0 Å². The Morgan fingerprint density at radius 2 is 0.500 bits per heavy atom. The first-order valence-electron chi connectivity index (χ1n) is 21.3. The fraction of sp³-hybridized carbons (Fsp3) is 0. The van der Waals surface area contributed by atoms with Gasteiger partial charge in [-0.15, -0.1) is 0 Å². The predicted octanol–water partition coefficient (Wildman–Crippen LogP) is 16.7. The number of nitrogens with zero attached hydrogens (tertiary/aromatic N) is 1. The molecule has 1 nitrogen and oxygen atoms in total. The van der Waals surface area contributed by atoms with Gasteiger partial charge < -0.3 is 0 Å². The van der Waals surface area contributed by atoms with Crippen molar-refractivity contribution in [3.8, 4) is 89.3 Å². The van der Waals surface area contributed by atoms with Crippen molar-refractivity contribution >= 4 is 21.5 Å². The number of hydrogen-bond donors (Lipinski definition) is 0. The number of rotatable bonds is 8. The average Bonchev–Trinajstić information content (AvgIpc) is 3.36. The maximum Gasteiger partial charge on any atom is 0.0709 e. The Hall–Kier alpha value is -8.13. The van der Waals surface area contributed by atoms with Crippen LogP contribution in [-0.2, 0) is 0 Å². The van der Waals surface area contributed by atoms with Gasteiger partial charge in [0.15, 0.2) is 0 Å². The summed E-state index contributed by atoms with van der Waals surface area (Å²) in [5.41, 5.74) is 18.3. The van der Waals surface area contributed by atoms with Gasteiger partial charge in [0, 0.05) is 11.1 Å². The van der Waals surface area contributed by atoms with Gasteiger partial charge in [0.1, 0.15) is 0 Å². The lowest BCUT2D eigenvalue weighted by molar-refractivity contribution is 1.33. The van der Waals surface area contributed by atoms with E-state index in [1.807, 2.05) is 0 Å². The molecule has 0 radical (unpaired) electrons. The second-order valence-corrected chi connectivity index (χ2v) is 15.9. The van der Waals surface area contributed by atoms with Crippen LogP contribution in [0.2, 0.25) is 0 Å². The third-order valence-corrected chi connectivity index (χ3v) is 12.0. The van der Waals surface area contributed by atoms with Gasteiger partial charge in [-0.05, 0) is 143 Å². The van der Waals surface area contributed by atoms with Gasteiger partial charge in [-0.1, -0.05) is 194 Å². The van der Waals surface area contributed by atoms with Crippen molar-refractivity contribution in [1.82, 2.24) is 4.98 Å². The zero-order valence-corrected chi connectivity index (χ0v) is 34.1. The van der Waals surface area contributed by atoms with Crippen LogP contribution in [0.15, 0.2) is 249 Å². The standard InChI is InChI=1S/C61H41N/c1-6-19-42(20-7-1)48-35-49(43-21-8-2-9-22-43)38-52(37-48)60-54-29-16-17-30-55(54)61(53-39-50(44-23-10-3-11-24-44)36-51(40-53)45-25-12-4-13-26-45)57-41-47(33-34-56(57)60)59-32-18-31-58(62-59)46-27-14-5-15-28-46/h1-41H. The summed E-state index contributed by atoms with van der Waals surface area (Å²) in [7, 11) is 0. The Bertz CT molecular complexity index is 3240. The van der Waals surface area contributed by atoms with Crippen LogP contribution < -0.4 is 0 Å². The van der Waals surface area contributed by atoms with E-state index >= 15 is 0 Å². The quantitative estimate of drug-likeness (QED) is 0.140. The van der Waals surface area contributed by atoms with Gasteiger partial charge in [0.25, 0.3) is 0 Å². The Morgan fingerprint density at radius 3 is 0.919 bits per heavy atom. The maximum atomic E-state index is 5.26. The van der Waals surface area contributed by atoms with Crippen LogP contribution in [0.1, 0.15) is 0 Å². The molecule has 0 N–H and O–H groups in total. The largest absolute Gasteiger partial charge is 0.248 e. The van der Waals surface area contributed by atoms with E-state index in [1.54, 1.807) is 0 Å². The highest BCUT2D eigenvalue weighted by atomic mass is 14.7. The second kappa shape index (κ2) is 16.1. The molecule has 1 heterocycles. The minimum Gasteiger partial charge on any atom is -0.248 e. The first-order chi connectivity index (χ1) is 30.7. The molecule has 0 fully saturated rings. The van der Waals surface area contributed by atoms with Crippen molar-refractivity contribution in [2.24, 2.45) is 0 Å². The summed E-state index contributed by atoms with van der Waals surface area (Å²) in [5, 5.41) is 4.78. The summed E-state index contributed by atoms with van der Waals surface area (Å²) < 4.78 is 0. The van der Waals surface area contributed by atoms with Crippen LogP contribution >= 0.6 is 0 Å². The molecule has 1 heteroatoms. The fourth-order valence-corrected chi connectivity index (χ4v) is 9.06. The monoisotopic (exact) mass is 787 g/mol. The van der Waals surface area contributed by atoms with Gasteiger partial charge in [-0.25, -0.2) is 4.98 Å². The summed E-state index contributed by atoms with van der Waals surface area (Å²) in [6, 6.07) is 90.0. The minimum atomic E-state index is 0.939. The molecule has 0 amide bonds. The Morgan fingerprint density at radius 1 is 0.177 bits per heavy atom. The Balaban J connectivity index is 1.24. The van der Waals surface area contributed by atoms with Crippen LogP contribution in [0.3, 0.4) is 0 Å². The molecule has 290 valence electrons. The highest BCUT2D eigenvalue weighted by Crippen LogP contribution is 2.47. The number of fused-ring (bicyclic) bond motifs is 2. The predicted molar refractivity (Wildman–Crippen MR) is 263 cm³/mol. The maximum absolute atomic E-state index is 5.26. The van der Waals surface area contributed by atoms with E-state index in [4.69, 9.17) is 4.98 Å². The third kappa shape index (κ3) is 7.06. The molecule has 0 atom stereocenters. The molecule has 1 aromatic heterocycles. The van der Waals surface area contributed by atoms with E-state index in [2.05, 4.69) is 249 Å². The number of aromatic nitrogens is 1. The summed E-state index contributed by atoms with van der Waals surface area (Å²) in [4.78, 5) is 5.26. The van der Waals surface area contributed by atoms with E-state index in [0.29, 0.717) is 0 Å².